The zero-order valence-electron chi connectivity index (χ0n) is 20.9. The van der Waals surface area contributed by atoms with Crippen LogP contribution in [0, 0.1) is 5.92 Å². The van der Waals surface area contributed by atoms with Gasteiger partial charge in [0, 0.05) is 41.3 Å². The van der Waals surface area contributed by atoms with E-state index in [4.69, 9.17) is 0 Å². The lowest BCUT2D eigenvalue weighted by atomic mass is 9.97. The van der Waals surface area contributed by atoms with Crippen molar-refractivity contribution in [2.45, 2.75) is 65.8 Å². The normalized spacial score (nSPS) is 22.0. The molecule has 3 rings (SSSR count). The van der Waals surface area contributed by atoms with Gasteiger partial charge in [-0.1, -0.05) is 50.8 Å². The van der Waals surface area contributed by atoms with Crippen molar-refractivity contribution in [3.63, 3.8) is 0 Å². The van der Waals surface area contributed by atoms with Crippen LogP contribution in [-0.4, -0.2) is 22.9 Å². The van der Waals surface area contributed by atoms with E-state index in [2.05, 4.69) is 93.2 Å². The van der Waals surface area contributed by atoms with E-state index < -0.39 is 0 Å². The molecule has 4 heteroatoms. The summed E-state index contributed by atoms with van der Waals surface area (Å²) < 4.78 is 0. The number of anilines is 2. The maximum absolute atomic E-state index is 11.7. The van der Waals surface area contributed by atoms with Gasteiger partial charge in [0.25, 0.3) is 0 Å². The molecular formula is C29H39N3O. The minimum Gasteiger partial charge on any atom is -0.363 e. The Hall–Kier alpha value is -3.01. The smallest absolute Gasteiger partial charge is 0.224 e. The molecule has 0 aromatic heterocycles. The van der Waals surface area contributed by atoms with E-state index in [-0.39, 0.29) is 11.4 Å². The molecule has 1 amide bonds. The van der Waals surface area contributed by atoms with Crippen molar-refractivity contribution in [2.75, 3.05) is 17.2 Å². The fourth-order valence-corrected chi connectivity index (χ4v) is 4.18. The summed E-state index contributed by atoms with van der Waals surface area (Å²) >= 11 is 0. The highest BCUT2D eigenvalue weighted by molar-refractivity contribution is 5.94. The van der Waals surface area contributed by atoms with Crippen LogP contribution in [0.25, 0.3) is 0 Å². The number of fused-ring (bicyclic) bond motifs is 1. The van der Waals surface area contributed by atoms with E-state index in [1.54, 1.807) is 0 Å². The van der Waals surface area contributed by atoms with Crippen molar-refractivity contribution in [3.8, 4) is 0 Å². The van der Waals surface area contributed by atoms with E-state index in [0.717, 1.165) is 42.9 Å². The molecule has 2 aliphatic heterocycles. The quantitative estimate of drug-likeness (QED) is 0.465. The highest BCUT2D eigenvalue weighted by Crippen LogP contribution is 2.27. The van der Waals surface area contributed by atoms with Gasteiger partial charge in [0.15, 0.2) is 0 Å². The first-order chi connectivity index (χ1) is 15.7. The molecule has 0 aliphatic carbocycles. The third-order valence-electron chi connectivity index (χ3n) is 6.35. The molecule has 0 fully saturated rings. The van der Waals surface area contributed by atoms with E-state index >= 15 is 0 Å². The highest BCUT2D eigenvalue weighted by Gasteiger charge is 2.22. The Morgan fingerprint density at radius 3 is 2.79 bits per heavy atom. The van der Waals surface area contributed by atoms with Crippen LogP contribution in [0.3, 0.4) is 0 Å². The Labute approximate surface area is 199 Å². The zero-order chi connectivity index (χ0) is 24.0. The van der Waals surface area contributed by atoms with Gasteiger partial charge in [-0.15, -0.1) is 0 Å². The number of carbonyl (C=O) groups is 1. The molecule has 2 aliphatic rings. The molecule has 0 radical (unpaired) electrons. The molecule has 0 bridgehead atoms. The lowest BCUT2D eigenvalue weighted by Gasteiger charge is -2.38. The first-order valence-corrected chi connectivity index (χ1v) is 12.1. The number of carbonyl (C=O) groups excluding carboxylic acids is 1. The molecule has 1 aromatic carbocycles. The lowest BCUT2D eigenvalue weighted by molar-refractivity contribution is -0.116. The van der Waals surface area contributed by atoms with Crippen LogP contribution in [0.5, 0.6) is 0 Å². The number of allylic oxidation sites excluding steroid dienone is 6. The molecule has 0 spiro atoms. The number of hydrogen-bond donors (Lipinski definition) is 2. The predicted molar refractivity (Wildman–Crippen MR) is 141 cm³/mol. The molecule has 0 saturated heterocycles. The summed E-state index contributed by atoms with van der Waals surface area (Å²) in [4.78, 5) is 14.1. The number of aryl methyl sites for hydroxylation is 1. The number of nitrogens with zero attached hydrogens (tertiary/aromatic N) is 1. The monoisotopic (exact) mass is 445 g/mol. The molecule has 176 valence electrons. The summed E-state index contributed by atoms with van der Waals surface area (Å²) in [6, 6.07) is 6.10. The third kappa shape index (κ3) is 6.74. The van der Waals surface area contributed by atoms with Gasteiger partial charge in [-0.05, 0) is 81.4 Å². The van der Waals surface area contributed by atoms with Crippen LogP contribution >= 0.6 is 0 Å². The van der Waals surface area contributed by atoms with E-state index in [9.17, 15) is 4.79 Å². The molecule has 2 N–H and O–H groups in total. The van der Waals surface area contributed by atoms with Crippen LogP contribution in [0.2, 0.25) is 0 Å². The van der Waals surface area contributed by atoms with Crippen molar-refractivity contribution in [1.29, 1.82) is 0 Å². The topological polar surface area (TPSA) is 44.4 Å². The molecule has 2 heterocycles. The van der Waals surface area contributed by atoms with Crippen LogP contribution in [0.1, 0.15) is 59.4 Å². The Bertz CT molecular complexity index is 1000. The van der Waals surface area contributed by atoms with Crippen molar-refractivity contribution in [2.24, 2.45) is 5.92 Å². The van der Waals surface area contributed by atoms with Crippen molar-refractivity contribution >= 4 is 17.3 Å². The van der Waals surface area contributed by atoms with E-state index in [0.29, 0.717) is 12.3 Å². The first-order valence-electron chi connectivity index (χ1n) is 12.1. The maximum atomic E-state index is 11.7. The molecule has 33 heavy (non-hydrogen) atoms. The molecular weight excluding hydrogens is 406 g/mol. The van der Waals surface area contributed by atoms with Gasteiger partial charge >= 0.3 is 0 Å². The summed E-state index contributed by atoms with van der Waals surface area (Å²) in [6.45, 7) is 16.3. The van der Waals surface area contributed by atoms with Gasteiger partial charge in [-0.2, -0.15) is 0 Å². The van der Waals surface area contributed by atoms with Gasteiger partial charge in [0.2, 0.25) is 5.91 Å². The summed E-state index contributed by atoms with van der Waals surface area (Å²) in [6.07, 6.45) is 16.8. The number of hydrogen-bond acceptors (Lipinski definition) is 3. The predicted octanol–water partition coefficient (Wildman–Crippen LogP) is 6.97. The summed E-state index contributed by atoms with van der Waals surface area (Å²) in [5.41, 5.74) is 6.39. The lowest BCUT2D eigenvalue weighted by Crippen LogP contribution is -2.40. The van der Waals surface area contributed by atoms with Crippen LogP contribution in [-0.2, 0) is 11.2 Å². The Morgan fingerprint density at radius 1 is 1.27 bits per heavy atom. The molecule has 1 unspecified atom stereocenters. The average Bonchev–Trinajstić information content (AvgIpc) is 2.87. The van der Waals surface area contributed by atoms with Crippen molar-refractivity contribution < 1.29 is 4.79 Å². The number of amides is 1. The van der Waals surface area contributed by atoms with E-state index in [1.165, 1.54) is 16.8 Å². The minimum absolute atomic E-state index is 0.00709. The van der Waals surface area contributed by atoms with Gasteiger partial charge < -0.3 is 15.5 Å². The van der Waals surface area contributed by atoms with E-state index in [1.807, 2.05) is 18.2 Å². The average molecular weight is 446 g/mol. The fourth-order valence-electron chi connectivity index (χ4n) is 4.18. The Morgan fingerprint density at radius 2 is 2.06 bits per heavy atom. The van der Waals surface area contributed by atoms with Gasteiger partial charge in [-0.3, -0.25) is 4.79 Å². The largest absolute Gasteiger partial charge is 0.363 e. The summed E-state index contributed by atoms with van der Waals surface area (Å²) in [7, 11) is 0. The van der Waals surface area contributed by atoms with Gasteiger partial charge in [0.1, 0.15) is 0 Å². The second-order valence-electron chi connectivity index (χ2n) is 9.97. The van der Waals surface area contributed by atoms with Crippen molar-refractivity contribution in [3.05, 3.63) is 83.8 Å². The standard InChI is InChI=1S/C29H39N3O/c1-7-21(2)23-10-8-12-26(32(19-9-11-23)29(4,5)6)17-13-22(3)30-25-16-14-24-15-18-28(33)31-27(24)20-25/h9-14,16-17,20-21,30H,3,7-8,15,18-19H2,1-2,4-6H3,(H,31,33)/b11-9-,17-13+,23-10+,26-12-. The van der Waals surface area contributed by atoms with Crippen LogP contribution in [0.15, 0.2) is 78.2 Å². The van der Waals surface area contributed by atoms with Crippen LogP contribution < -0.4 is 10.6 Å². The zero-order valence-corrected chi connectivity index (χ0v) is 20.9. The molecule has 1 aromatic rings. The SMILES string of the molecule is C=C(/C=C/C1=C/C/C=C(C(C)CC)\C=C/CN1C(C)(C)C)Nc1ccc2c(c1)NC(=O)CC2. The van der Waals surface area contributed by atoms with Gasteiger partial charge in [0.05, 0.1) is 0 Å². The molecule has 4 nitrogen and oxygen atoms in total. The highest BCUT2D eigenvalue weighted by atomic mass is 16.1. The Kier molecular flexibility index (Phi) is 8.01. The van der Waals surface area contributed by atoms with Crippen molar-refractivity contribution in [1.82, 2.24) is 4.90 Å². The Balaban J connectivity index is 1.76. The number of rotatable bonds is 6. The van der Waals surface area contributed by atoms with Crippen LogP contribution in [0.4, 0.5) is 11.4 Å². The second kappa shape index (κ2) is 10.7. The fraction of sp³-hybridized carbons (Fsp3) is 0.414. The summed E-state index contributed by atoms with van der Waals surface area (Å²) in [5, 5.41) is 6.33. The maximum Gasteiger partial charge on any atom is 0.224 e. The number of nitrogens with one attached hydrogen (secondary N) is 2. The molecule has 0 saturated carbocycles. The third-order valence-corrected chi connectivity index (χ3v) is 6.35. The summed E-state index contributed by atoms with van der Waals surface area (Å²) in [5.74, 6) is 0.646. The van der Waals surface area contributed by atoms with Gasteiger partial charge in [-0.25, -0.2) is 0 Å². The molecule has 1 atom stereocenters. The number of benzene rings is 1. The second-order valence-corrected chi connectivity index (χ2v) is 9.97. The first kappa shape index (κ1) is 24.6. The minimum atomic E-state index is -0.00709.